The first-order valence-corrected chi connectivity index (χ1v) is 22.2. The van der Waals surface area contributed by atoms with Crippen LogP contribution >= 0.6 is 0 Å². The van der Waals surface area contributed by atoms with Gasteiger partial charge < -0.3 is 49.3 Å². The van der Waals surface area contributed by atoms with Crippen molar-refractivity contribution in [2.45, 2.75) is 135 Å². The molecule has 1 aromatic rings. The SMILES string of the molecule is C=CCOC12Oc3ccc(OC(=O)NCC)cc3C3C(CCCCO)C(CCCCO)C=C(C(=NOC(C)(C)C)CC1N(CCOCCO)C(=O)CCC1CCCC1)C32. The maximum atomic E-state index is 14.8. The number of nitrogens with zero attached hydrogens (tertiary/aromatic N) is 2. The highest BCUT2D eigenvalue weighted by atomic mass is 16.7. The van der Waals surface area contributed by atoms with E-state index >= 15 is 0 Å². The van der Waals surface area contributed by atoms with Crippen LogP contribution in [0.25, 0.3) is 0 Å². The van der Waals surface area contributed by atoms with Crippen molar-refractivity contribution >= 4 is 17.7 Å². The summed E-state index contributed by atoms with van der Waals surface area (Å²) in [6.45, 7) is 12.9. The van der Waals surface area contributed by atoms with Gasteiger partial charge in [0.15, 0.2) is 0 Å². The number of allylic oxidation sites excluding steroid dienone is 1. The summed E-state index contributed by atoms with van der Waals surface area (Å²) in [6, 6.07) is 4.79. The van der Waals surface area contributed by atoms with Gasteiger partial charge in [0.1, 0.15) is 23.1 Å². The number of rotatable bonds is 23. The van der Waals surface area contributed by atoms with Gasteiger partial charge in [-0.15, -0.1) is 6.58 Å². The van der Waals surface area contributed by atoms with Gasteiger partial charge in [0.05, 0.1) is 38.1 Å². The second-order valence-corrected chi connectivity index (χ2v) is 17.5. The number of hydrogen-bond acceptors (Lipinski definition) is 11. The Morgan fingerprint density at radius 3 is 2.46 bits per heavy atom. The molecule has 1 aromatic carbocycles. The molecule has 330 valence electrons. The fraction of sp³-hybridized carbons (Fsp3) is 0.717. The lowest BCUT2D eigenvalue weighted by Gasteiger charge is -2.60. The number of nitrogens with one attached hydrogen (secondary N) is 1. The molecule has 2 amide bonds. The van der Waals surface area contributed by atoms with Crippen molar-refractivity contribution in [2.75, 3.05) is 52.7 Å². The van der Waals surface area contributed by atoms with Crippen LogP contribution in [0.2, 0.25) is 0 Å². The monoisotopic (exact) mass is 826 g/mol. The summed E-state index contributed by atoms with van der Waals surface area (Å²) in [5.41, 5.74) is 1.91. The minimum absolute atomic E-state index is 0.0195. The second-order valence-electron chi connectivity index (χ2n) is 17.5. The molecule has 2 saturated carbocycles. The van der Waals surface area contributed by atoms with E-state index in [2.05, 4.69) is 18.0 Å². The number of carbonyl (C=O) groups excluding carboxylic acids is 2. The molecule has 6 unspecified atom stereocenters. The zero-order chi connectivity index (χ0) is 42.4. The Morgan fingerprint density at radius 1 is 1.03 bits per heavy atom. The van der Waals surface area contributed by atoms with Crippen LogP contribution in [-0.2, 0) is 19.1 Å². The maximum absolute atomic E-state index is 14.8. The van der Waals surface area contributed by atoms with Crippen molar-refractivity contribution in [2.24, 2.45) is 28.8 Å². The maximum Gasteiger partial charge on any atom is 0.412 e. The second kappa shape index (κ2) is 22.4. The number of carbonyl (C=O) groups is 2. The third-order valence-corrected chi connectivity index (χ3v) is 12.3. The highest BCUT2D eigenvalue weighted by Crippen LogP contribution is 2.62. The number of ether oxygens (including phenoxy) is 4. The molecular formula is C46H71N3O10. The first-order chi connectivity index (χ1) is 28.5. The van der Waals surface area contributed by atoms with E-state index in [1.807, 2.05) is 44.7 Å². The molecule has 59 heavy (non-hydrogen) atoms. The minimum atomic E-state index is -1.41. The fourth-order valence-corrected chi connectivity index (χ4v) is 9.75. The van der Waals surface area contributed by atoms with Gasteiger partial charge in [-0.3, -0.25) is 4.79 Å². The highest BCUT2D eigenvalue weighted by Gasteiger charge is 2.65. The van der Waals surface area contributed by atoms with E-state index in [-0.39, 0.29) is 76.3 Å². The molecule has 0 spiro atoms. The smallest absolute Gasteiger partial charge is 0.412 e. The fourth-order valence-electron chi connectivity index (χ4n) is 9.75. The number of fused-ring (bicyclic) bond motifs is 2. The molecule has 4 aliphatic rings. The first-order valence-electron chi connectivity index (χ1n) is 22.2. The molecule has 3 aliphatic carbocycles. The van der Waals surface area contributed by atoms with E-state index in [9.17, 15) is 24.9 Å². The Kier molecular flexibility index (Phi) is 17.7. The van der Waals surface area contributed by atoms with Crippen molar-refractivity contribution in [3.05, 3.63) is 48.1 Å². The third kappa shape index (κ3) is 11.9. The van der Waals surface area contributed by atoms with Crippen LogP contribution in [0.1, 0.15) is 123 Å². The van der Waals surface area contributed by atoms with E-state index < -0.39 is 29.4 Å². The van der Waals surface area contributed by atoms with E-state index in [4.69, 9.17) is 28.9 Å². The number of aliphatic hydroxyl groups excluding tert-OH is 3. The van der Waals surface area contributed by atoms with Gasteiger partial charge in [0.25, 0.3) is 0 Å². The molecule has 2 fully saturated rings. The van der Waals surface area contributed by atoms with Crippen LogP contribution in [-0.4, -0.2) is 108 Å². The number of oxime groups is 1. The average molecular weight is 826 g/mol. The predicted octanol–water partition coefficient (Wildman–Crippen LogP) is 7.03. The van der Waals surface area contributed by atoms with E-state index in [1.54, 1.807) is 12.1 Å². The van der Waals surface area contributed by atoms with E-state index in [0.29, 0.717) is 48.9 Å². The van der Waals surface area contributed by atoms with Crippen LogP contribution in [0.3, 0.4) is 0 Å². The molecule has 1 heterocycles. The zero-order valence-electron chi connectivity index (χ0n) is 36.0. The van der Waals surface area contributed by atoms with Crippen LogP contribution < -0.4 is 14.8 Å². The Morgan fingerprint density at radius 2 is 1.78 bits per heavy atom. The first kappa shape index (κ1) is 46.6. The Bertz CT molecular complexity index is 1590. The number of hydrogen-bond donors (Lipinski definition) is 4. The van der Waals surface area contributed by atoms with Gasteiger partial charge in [-0.05, 0) is 101 Å². The molecule has 0 bridgehead atoms. The number of unbranched alkanes of at least 4 members (excludes halogenated alkanes) is 2. The largest absolute Gasteiger partial charge is 0.459 e. The van der Waals surface area contributed by atoms with Crippen molar-refractivity contribution in [3.8, 4) is 11.5 Å². The van der Waals surface area contributed by atoms with Crippen LogP contribution in [0.15, 0.2) is 47.7 Å². The Balaban J connectivity index is 1.75. The summed E-state index contributed by atoms with van der Waals surface area (Å²) in [5.74, 6) is -0.649. The van der Waals surface area contributed by atoms with E-state index in [1.165, 1.54) is 12.8 Å². The van der Waals surface area contributed by atoms with Gasteiger partial charge in [0, 0.05) is 50.6 Å². The molecule has 6 atom stereocenters. The van der Waals surface area contributed by atoms with Crippen molar-refractivity contribution < 1.29 is 48.7 Å². The van der Waals surface area contributed by atoms with Crippen LogP contribution in [0.4, 0.5) is 4.79 Å². The normalized spacial score (nSPS) is 25.7. The molecule has 0 radical (unpaired) electrons. The Hall–Kier alpha value is -3.49. The van der Waals surface area contributed by atoms with Crippen molar-refractivity contribution in [1.82, 2.24) is 10.2 Å². The average Bonchev–Trinajstić information content (AvgIpc) is 3.74. The van der Waals surface area contributed by atoms with E-state index in [0.717, 1.165) is 56.1 Å². The molecule has 4 N–H and O–H groups in total. The summed E-state index contributed by atoms with van der Waals surface area (Å²) in [6.07, 6.45) is 14.0. The molecule has 13 nitrogen and oxygen atoms in total. The number of amides is 2. The Labute approximate surface area is 351 Å². The van der Waals surface area contributed by atoms with Gasteiger partial charge in [-0.25, -0.2) is 4.79 Å². The quantitative estimate of drug-likeness (QED) is 0.0511. The topological polar surface area (TPSA) is 169 Å². The van der Waals surface area contributed by atoms with Gasteiger partial charge in [-0.1, -0.05) is 55.8 Å². The number of aliphatic hydroxyl groups is 3. The third-order valence-electron chi connectivity index (χ3n) is 12.3. The van der Waals surface area contributed by atoms with Gasteiger partial charge in [0.2, 0.25) is 11.7 Å². The lowest BCUT2D eigenvalue weighted by atomic mass is 9.55. The lowest BCUT2D eigenvalue weighted by Crippen LogP contribution is -2.70. The predicted molar refractivity (Wildman–Crippen MR) is 226 cm³/mol. The minimum Gasteiger partial charge on any atom is -0.459 e. The van der Waals surface area contributed by atoms with Crippen LogP contribution in [0.5, 0.6) is 11.5 Å². The summed E-state index contributed by atoms with van der Waals surface area (Å²) < 4.78 is 26.0. The molecule has 0 saturated heterocycles. The summed E-state index contributed by atoms with van der Waals surface area (Å²) >= 11 is 0. The lowest BCUT2D eigenvalue weighted by molar-refractivity contribution is -0.258. The molecule has 1 aliphatic heterocycles. The highest BCUT2D eigenvalue weighted by molar-refractivity contribution is 6.03. The molecule has 0 aromatic heterocycles. The van der Waals surface area contributed by atoms with Gasteiger partial charge in [-0.2, -0.15) is 0 Å². The molecule has 13 heteroatoms. The zero-order valence-corrected chi connectivity index (χ0v) is 36.0. The summed E-state index contributed by atoms with van der Waals surface area (Å²) in [5, 5.41) is 37.0. The summed E-state index contributed by atoms with van der Waals surface area (Å²) in [4.78, 5) is 35.7. The van der Waals surface area contributed by atoms with Crippen molar-refractivity contribution in [3.63, 3.8) is 0 Å². The standard InChI is InChI=1S/C46H71N3O10/c1-6-26-56-46-40(49(22-27-55-28-25-52)41(53)21-18-32-14-8-9-15-32)31-38(48-59-45(3,4)5)36-29-33(16-10-12-23-50)35(17-11-13-24-51)42(43(36)46)37-30-34(19-20-39(37)58-46)57-44(54)47-7-2/h6,19-20,29-30,32-33,35,40,42-43,50-52H,1,7-18,21-28,31H2,2-5H3,(H,47,54). The van der Waals surface area contributed by atoms with Gasteiger partial charge >= 0.3 is 6.09 Å². The molecular weight excluding hydrogens is 755 g/mol. The van der Waals surface area contributed by atoms with Crippen molar-refractivity contribution in [1.29, 1.82) is 0 Å². The molecule has 5 rings (SSSR count). The van der Waals surface area contributed by atoms with Crippen LogP contribution in [0, 0.1) is 23.7 Å². The summed E-state index contributed by atoms with van der Waals surface area (Å²) in [7, 11) is 0. The number of benzene rings is 1.